The summed E-state index contributed by atoms with van der Waals surface area (Å²) in [7, 11) is 1.60. The number of hydrogen-bond acceptors (Lipinski definition) is 2. The molecule has 0 heterocycles. The second-order valence-electron chi connectivity index (χ2n) is 2.61. The van der Waals surface area contributed by atoms with Crippen LogP contribution in [-0.4, -0.2) is 13.7 Å². The molecule has 0 N–H and O–H groups in total. The molecule has 0 amide bonds. The van der Waals surface area contributed by atoms with E-state index in [-0.39, 0.29) is 6.61 Å². The van der Waals surface area contributed by atoms with Crippen LogP contribution >= 0.6 is 15.9 Å². The van der Waals surface area contributed by atoms with E-state index >= 15 is 0 Å². The van der Waals surface area contributed by atoms with Crippen molar-refractivity contribution in [1.29, 1.82) is 0 Å². The maximum absolute atomic E-state index is 5.34. The van der Waals surface area contributed by atoms with Gasteiger partial charge in [0.15, 0.2) is 11.5 Å². The number of hydrogen-bond donors (Lipinski definition) is 0. The molecule has 0 atom stereocenters. The summed E-state index contributed by atoms with van der Waals surface area (Å²) in [5.74, 6) is 3.80. The lowest BCUT2D eigenvalue weighted by atomic mass is 10.2. The van der Waals surface area contributed by atoms with Crippen molar-refractivity contribution in [3.8, 4) is 23.8 Å². The summed E-state index contributed by atoms with van der Waals surface area (Å²) in [5.41, 5.74) is 1.12. The lowest BCUT2D eigenvalue weighted by molar-refractivity contribution is 0.330. The first kappa shape index (κ1) is 10.9. The van der Waals surface area contributed by atoms with E-state index in [4.69, 9.17) is 15.9 Å². The standard InChI is InChI=1S/C11H11BrO2/c1-3-6-14-11-7-9(8-12)4-5-10(11)13-2/h1,4-5,7H,6,8H2,2H3. The summed E-state index contributed by atoms with van der Waals surface area (Å²) in [6, 6.07) is 5.74. The molecule has 2 nitrogen and oxygen atoms in total. The average Bonchev–Trinajstić information content (AvgIpc) is 2.25. The van der Waals surface area contributed by atoms with Crippen LogP contribution in [-0.2, 0) is 5.33 Å². The molecule has 0 aliphatic rings. The molecule has 1 rings (SSSR count). The van der Waals surface area contributed by atoms with Gasteiger partial charge in [-0.3, -0.25) is 0 Å². The molecule has 0 bridgehead atoms. The molecule has 0 radical (unpaired) electrons. The third kappa shape index (κ3) is 2.68. The van der Waals surface area contributed by atoms with Crippen LogP contribution in [0.25, 0.3) is 0 Å². The van der Waals surface area contributed by atoms with Gasteiger partial charge in [0.25, 0.3) is 0 Å². The molecule has 14 heavy (non-hydrogen) atoms. The Bertz CT molecular complexity index is 342. The maximum Gasteiger partial charge on any atom is 0.162 e. The first-order valence-corrected chi connectivity index (χ1v) is 5.23. The zero-order chi connectivity index (χ0) is 10.4. The summed E-state index contributed by atoms with van der Waals surface area (Å²) < 4.78 is 10.5. The van der Waals surface area contributed by atoms with Gasteiger partial charge in [-0.25, -0.2) is 0 Å². The second-order valence-corrected chi connectivity index (χ2v) is 3.17. The van der Waals surface area contributed by atoms with Crippen molar-refractivity contribution in [2.75, 3.05) is 13.7 Å². The van der Waals surface area contributed by atoms with E-state index in [0.717, 1.165) is 10.9 Å². The largest absolute Gasteiger partial charge is 0.493 e. The van der Waals surface area contributed by atoms with Crippen molar-refractivity contribution < 1.29 is 9.47 Å². The molecule has 0 saturated carbocycles. The van der Waals surface area contributed by atoms with E-state index in [1.807, 2.05) is 18.2 Å². The minimum absolute atomic E-state index is 0.252. The highest BCUT2D eigenvalue weighted by atomic mass is 79.9. The van der Waals surface area contributed by atoms with E-state index in [1.165, 1.54) is 0 Å². The van der Waals surface area contributed by atoms with Gasteiger partial charge in [0.1, 0.15) is 6.61 Å². The second kappa shape index (κ2) is 5.56. The van der Waals surface area contributed by atoms with Crippen LogP contribution < -0.4 is 9.47 Å². The number of halogens is 1. The smallest absolute Gasteiger partial charge is 0.162 e. The topological polar surface area (TPSA) is 18.5 Å². The lowest BCUT2D eigenvalue weighted by Gasteiger charge is -2.09. The Labute approximate surface area is 92.3 Å². The normalized spacial score (nSPS) is 9.21. The molecule has 74 valence electrons. The Kier molecular flexibility index (Phi) is 4.34. The van der Waals surface area contributed by atoms with Gasteiger partial charge in [-0.05, 0) is 17.7 Å². The van der Waals surface area contributed by atoms with Crippen LogP contribution in [0.5, 0.6) is 11.5 Å². The summed E-state index contributed by atoms with van der Waals surface area (Å²) in [6.07, 6.45) is 5.11. The van der Waals surface area contributed by atoms with Gasteiger partial charge in [-0.15, -0.1) is 6.42 Å². The number of benzene rings is 1. The maximum atomic E-state index is 5.34. The van der Waals surface area contributed by atoms with Crippen LogP contribution in [0, 0.1) is 12.3 Å². The van der Waals surface area contributed by atoms with Crippen molar-refractivity contribution in [3.63, 3.8) is 0 Å². The molecule has 0 saturated heterocycles. The highest BCUT2D eigenvalue weighted by Gasteiger charge is 2.04. The van der Waals surface area contributed by atoms with E-state index < -0.39 is 0 Å². The van der Waals surface area contributed by atoms with Gasteiger partial charge in [-0.2, -0.15) is 0 Å². The van der Waals surface area contributed by atoms with Gasteiger partial charge in [0.2, 0.25) is 0 Å². The predicted molar refractivity (Wildman–Crippen MR) is 60.0 cm³/mol. The number of methoxy groups -OCH3 is 1. The molecule has 1 aromatic carbocycles. The summed E-state index contributed by atoms with van der Waals surface area (Å²) >= 11 is 3.37. The van der Waals surface area contributed by atoms with E-state index in [9.17, 15) is 0 Å². The third-order valence-electron chi connectivity index (χ3n) is 1.69. The highest BCUT2D eigenvalue weighted by molar-refractivity contribution is 9.08. The molecule has 0 aliphatic heterocycles. The van der Waals surface area contributed by atoms with Crippen molar-refractivity contribution >= 4 is 15.9 Å². The van der Waals surface area contributed by atoms with Crippen LogP contribution in [0.4, 0.5) is 0 Å². The molecule has 0 aromatic heterocycles. The Morgan fingerprint density at radius 3 is 2.79 bits per heavy atom. The van der Waals surface area contributed by atoms with Gasteiger partial charge in [-0.1, -0.05) is 27.9 Å². The Balaban J connectivity index is 2.91. The zero-order valence-electron chi connectivity index (χ0n) is 7.92. The monoisotopic (exact) mass is 254 g/mol. The quantitative estimate of drug-likeness (QED) is 0.608. The van der Waals surface area contributed by atoms with Crippen LogP contribution in [0.1, 0.15) is 5.56 Å². The molecular formula is C11H11BrO2. The lowest BCUT2D eigenvalue weighted by Crippen LogP contribution is -1.97. The Hall–Kier alpha value is -1.14. The summed E-state index contributed by atoms with van der Waals surface area (Å²) in [4.78, 5) is 0. The molecule has 0 aliphatic carbocycles. The van der Waals surface area contributed by atoms with Gasteiger partial charge >= 0.3 is 0 Å². The van der Waals surface area contributed by atoms with Crippen molar-refractivity contribution in [2.24, 2.45) is 0 Å². The minimum Gasteiger partial charge on any atom is -0.493 e. The summed E-state index contributed by atoms with van der Waals surface area (Å²) in [6.45, 7) is 0.252. The SMILES string of the molecule is C#CCOc1cc(CBr)ccc1OC. The molecule has 1 aromatic rings. The van der Waals surface area contributed by atoms with E-state index in [0.29, 0.717) is 11.5 Å². The molecule has 3 heteroatoms. The van der Waals surface area contributed by atoms with E-state index in [2.05, 4.69) is 21.9 Å². The fraction of sp³-hybridized carbons (Fsp3) is 0.273. The number of alkyl halides is 1. The Morgan fingerprint density at radius 1 is 1.43 bits per heavy atom. The van der Waals surface area contributed by atoms with Crippen molar-refractivity contribution in [1.82, 2.24) is 0 Å². The van der Waals surface area contributed by atoms with Crippen LogP contribution in [0.2, 0.25) is 0 Å². The number of rotatable bonds is 4. The van der Waals surface area contributed by atoms with Gasteiger partial charge in [0.05, 0.1) is 7.11 Å². The number of ether oxygens (including phenoxy) is 2. The van der Waals surface area contributed by atoms with Crippen LogP contribution in [0.15, 0.2) is 18.2 Å². The van der Waals surface area contributed by atoms with Gasteiger partial charge in [0, 0.05) is 5.33 Å². The first-order valence-electron chi connectivity index (χ1n) is 4.11. The third-order valence-corrected chi connectivity index (χ3v) is 2.34. The fourth-order valence-corrected chi connectivity index (χ4v) is 1.39. The molecule has 0 unspecified atom stereocenters. The van der Waals surface area contributed by atoms with Crippen molar-refractivity contribution in [3.05, 3.63) is 23.8 Å². The fourth-order valence-electron chi connectivity index (χ4n) is 1.04. The van der Waals surface area contributed by atoms with Crippen molar-refractivity contribution in [2.45, 2.75) is 5.33 Å². The van der Waals surface area contributed by atoms with Crippen LogP contribution in [0.3, 0.4) is 0 Å². The number of terminal acetylenes is 1. The van der Waals surface area contributed by atoms with E-state index in [1.54, 1.807) is 7.11 Å². The van der Waals surface area contributed by atoms with Gasteiger partial charge < -0.3 is 9.47 Å². The zero-order valence-corrected chi connectivity index (χ0v) is 9.50. The predicted octanol–water partition coefficient (Wildman–Crippen LogP) is 2.60. The molecule has 0 spiro atoms. The summed E-state index contributed by atoms with van der Waals surface area (Å²) in [5, 5.41) is 0.781. The molecular weight excluding hydrogens is 244 g/mol. The minimum atomic E-state index is 0.252. The first-order chi connectivity index (χ1) is 6.81. The average molecular weight is 255 g/mol. The highest BCUT2D eigenvalue weighted by Crippen LogP contribution is 2.28. The Morgan fingerprint density at radius 2 is 2.21 bits per heavy atom. The molecule has 0 fully saturated rings.